The van der Waals surface area contributed by atoms with Gasteiger partial charge in [-0.3, -0.25) is 14.9 Å². The Morgan fingerprint density at radius 1 is 1.31 bits per heavy atom. The van der Waals surface area contributed by atoms with Crippen LogP contribution in [0.3, 0.4) is 0 Å². The number of carbonyl (C=O) groups is 1. The zero-order chi connectivity index (χ0) is 18.5. The third-order valence-corrected chi connectivity index (χ3v) is 4.72. The molecule has 0 spiro atoms. The summed E-state index contributed by atoms with van der Waals surface area (Å²) in [6, 6.07) is 10.4. The van der Waals surface area contributed by atoms with Gasteiger partial charge in [-0.2, -0.15) is 5.10 Å². The van der Waals surface area contributed by atoms with Gasteiger partial charge >= 0.3 is 0 Å². The molecule has 3 aromatic rings. The summed E-state index contributed by atoms with van der Waals surface area (Å²) >= 11 is 7.39. The first-order valence-electron chi connectivity index (χ1n) is 8.14. The number of aromatic nitrogens is 3. The molecular weight excluding hydrogens is 372 g/mol. The van der Waals surface area contributed by atoms with E-state index in [0.717, 1.165) is 16.9 Å². The molecule has 1 N–H and O–H groups in total. The quantitative estimate of drug-likeness (QED) is 0.699. The monoisotopic (exact) mass is 388 g/mol. The molecule has 0 bridgehead atoms. The Labute approximate surface area is 159 Å². The van der Waals surface area contributed by atoms with Crippen molar-refractivity contribution >= 4 is 34.0 Å². The number of hydrogen-bond acceptors (Lipinski definition) is 5. The summed E-state index contributed by atoms with van der Waals surface area (Å²) in [7, 11) is 0. The van der Waals surface area contributed by atoms with E-state index in [1.165, 1.54) is 28.2 Å². The third kappa shape index (κ3) is 4.56. The molecule has 0 saturated heterocycles. The number of anilines is 1. The van der Waals surface area contributed by atoms with Crippen LogP contribution in [0.1, 0.15) is 34.3 Å². The largest absolute Gasteiger partial charge is 0.296 e. The molecule has 0 unspecified atom stereocenters. The molecule has 2 heterocycles. The van der Waals surface area contributed by atoms with Gasteiger partial charge in [0.15, 0.2) is 5.13 Å². The Hall–Kier alpha value is -2.51. The van der Waals surface area contributed by atoms with Crippen LogP contribution in [0, 0.1) is 0 Å². The number of aryl methyl sites for hydroxylation is 1. The Bertz CT molecular complexity index is 983. The molecule has 134 valence electrons. The van der Waals surface area contributed by atoms with Crippen LogP contribution in [0.25, 0.3) is 0 Å². The summed E-state index contributed by atoms with van der Waals surface area (Å²) in [5.41, 5.74) is 1.04. The molecule has 1 amide bonds. The first-order chi connectivity index (χ1) is 12.5. The maximum atomic E-state index is 12.4. The minimum atomic E-state index is -0.390. The highest BCUT2D eigenvalue weighted by atomic mass is 35.5. The van der Waals surface area contributed by atoms with Crippen molar-refractivity contribution in [1.82, 2.24) is 14.8 Å². The van der Waals surface area contributed by atoms with Gasteiger partial charge in [0.25, 0.3) is 11.5 Å². The maximum Gasteiger partial charge on any atom is 0.277 e. The van der Waals surface area contributed by atoms with E-state index in [-0.39, 0.29) is 11.3 Å². The van der Waals surface area contributed by atoms with Crippen molar-refractivity contribution in [2.75, 3.05) is 5.32 Å². The van der Waals surface area contributed by atoms with E-state index >= 15 is 0 Å². The first kappa shape index (κ1) is 18.3. The van der Waals surface area contributed by atoms with Crippen LogP contribution in [-0.2, 0) is 13.0 Å². The van der Waals surface area contributed by atoms with Gasteiger partial charge in [0, 0.05) is 35.1 Å². The van der Waals surface area contributed by atoms with Gasteiger partial charge in [0.2, 0.25) is 0 Å². The number of hydrogen-bond donors (Lipinski definition) is 1. The molecule has 0 fully saturated rings. The molecule has 0 aliphatic carbocycles. The lowest BCUT2D eigenvalue weighted by molar-refractivity contribution is 0.101. The molecule has 26 heavy (non-hydrogen) atoms. The molecule has 0 atom stereocenters. The Morgan fingerprint density at radius 3 is 2.92 bits per heavy atom. The number of nitrogens with one attached hydrogen (secondary N) is 1. The SMILES string of the molecule is CCCn1nc(C(=O)Nc2ncc(Cc3cccc(Cl)c3)s2)ccc1=O. The first-order valence-corrected chi connectivity index (χ1v) is 9.33. The Kier molecular flexibility index (Phi) is 5.80. The Morgan fingerprint density at radius 2 is 2.15 bits per heavy atom. The van der Waals surface area contributed by atoms with Crippen molar-refractivity contribution in [3.05, 3.63) is 74.1 Å². The molecule has 1 aromatic carbocycles. The van der Waals surface area contributed by atoms with Crippen molar-refractivity contribution < 1.29 is 4.79 Å². The third-order valence-electron chi connectivity index (χ3n) is 3.58. The zero-order valence-corrected chi connectivity index (χ0v) is 15.7. The fourth-order valence-electron chi connectivity index (χ4n) is 2.40. The van der Waals surface area contributed by atoms with E-state index in [0.29, 0.717) is 23.1 Å². The van der Waals surface area contributed by atoms with Crippen molar-refractivity contribution in [1.29, 1.82) is 0 Å². The van der Waals surface area contributed by atoms with Gasteiger partial charge in [-0.15, -0.1) is 11.3 Å². The minimum Gasteiger partial charge on any atom is -0.296 e. The minimum absolute atomic E-state index is 0.185. The molecule has 3 rings (SSSR count). The number of amides is 1. The number of thiazole rings is 1. The molecular formula is C18H17ClN4O2S. The van der Waals surface area contributed by atoms with Crippen LogP contribution in [0.4, 0.5) is 5.13 Å². The number of nitrogens with zero attached hydrogens (tertiary/aromatic N) is 3. The molecule has 8 heteroatoms. The summed E-state index contributed by atoms with van der Waals surface area (Å²) in [6.45, 7) is 2.42. The smallest absolute Gasteiger partial charge is 0.277 e. The van der Waals surface area contributed by atoms with E-state index in [9.17, 15) is 9.59 Å². The van der Waals surface area contributed by atoms with Crippen LogP contribution >= 0.6 is 22.9 Å². The lowest BCUT2D eigenvalue weighted by Gasteiger charge is -2.05. The van der Waals surface area contributed by atoms with Crippen molar-refractivity contribution in [3.63, 3.8) is 0 Å². The van der Waals surface area contributed by atoms with Crippen LogP contribution in [-0.4, -0.2) is 20.7 Å². The number of benzene rings is 1. The van der Waals surface area contributed by atoms with Gasteiger partial charge in [0.1, 0.15) is 5.69 Å². The second kappa shape index (κ2) is 8.25. The highest BCUT2D eigenvalue weighted by Crippen LogP contribution is 2.22. The van der Waals surface area contributed by atoms with Crippen molar-refractivity contribution in [2.45, 2.75) is 26.3 Å². The van der Waals surface area contributed by atoms with Crippen LogP contribution in [0.5, 0.6) is 0 Å². The molecule has 0 aliphatic heterocycles. The van der Waals surface area contributed by atoms with E-state index in [2.05, 4.69) is 15.4 Å². The molecule has 0 saturated carbocycles. The lowest BCUT2D eigenvalue weighted by atomic mass is 10.1. The normalized spacial score (nSPS) is 10.7. The fraction of sp³-hybridized carbons (Fsp3) is 0.222. The highest BCUT2D eigenvalue weighted by Gasteiger charge is 2.12. The van der Waals surface area contributed by atoms with Crippen LogP contribution in [0.15, 0.2) is 47.4 Å². The summed E-state index contributed by atoms with van der Waals surface area (Å²) in [6.07, 6.45) is 3.18. The lowest BCUT2D eigenvalue weighted by Crippen LogP contribution is -2.26. The highest BCUT2D eigenvalue weighted by molar-refractivity contribution is 7.15. The second-order valence-corrected chi connectivity index (χ2v) is 7.22. The number of halogens is 1. The van der Waals surface area contributed by atoms with Crippen LogP contribution < -0.4 is 10.9 Å². The van der Waals surface area contributed by atoms with Crippen molar-refractivity contribution in [3.8, 4) is 0 Å². The van der Waals surface area contributed by atoms with Gasteiger partial charge < -0.3 is 0 Å². The van der Waals surface area contributed by atoms with E-state index in [4.69, 9.17) is 11.6 Å². The van der Waals surface area contributed by atoms with E-state index in [1.807, 2.05) is 31.2 Å². The average molecular weight is 389 g/mol. The Balaban J connectivity index is 1.70. The summed E-state index contributed by atoms with van der Waals surface area (Å²) in [4.78, 5) is 29.3. The van der Waals surface area contributed by atoms with Crippen LogP contribution in [0.2, 0.25) is 5.02 Å². The predicted molar refractivity (Wildman–Crippen MR) is 103 cm³/mol. The maximum absolute atomic E-state index is 12.4. The van der Waals surface area contributed by atoms with Gasteiger partial charge in [-0.05, 0) is 30.2 Å². The van der Waals surface area contributed by atoms with Crippen molar-refractivity contribution in [2.24, 2.45) is 0 Å². The number of rotatable bonds is 6. The summed E-state index contributed by atoms with van der Waals surface area (Å²) < 4.78 is 1.29. The second-order valence-electron chi connectivity index (χ2n) is 5.67. The molecule has 0 aliphatic rings. The molecule has 0 radical (unpaired) electrons. The summed E-state index contributed by atoms with van der Waals surface area (Å²) in [5.74, 6) is -0.390. The van der Waals surface area contributed by atoms with Gasteiger partial charge in [-0.25, -0.2) is 9.67 Å². The molecule has 6 nitrogen and oxygen atoms in total. The predicted octanol–water partition coefficient (Wildman–Crippen LogP) is 3.61. The number of carbonyl (C=O) groups excluding carboxylic acids is 1. The van der Waals surface area contributed by atoms with Gasteiger partial charge in [-0.1, -0.05) is 30.7 Å². The zero-order valence-electron chi connectivity index (χ0n) is 14.1. The average Bonchev–Trinajstić information content (AvgIpc) is 3.04. The standard InChI is InChI=1S/C18H17ClN4O2S/c1-2-8-23-16(24)7-6-15(22-23)17(25)21-18-20-11-14(26-18)10-12-4-3-5-13(19)9-12/h3-7,9,11H,2,8,10H2,1H3,(H,20,21,25). The molecule has 2 aromatic heterocycles. The van der Waals surface area contributed by atoms with E-state index < -0.39 is 5.91 Å². The van der Waals surface area contributed by atoms with Gasteiger partial charge in [0.05, 0.1) is 0 Å². The van der Waals surface area contributed by atoms with E-state index in [1.54, 1.807) is 6.20 Å². The topological polar surface area (TPSA) is 76.9 Å². The fourth-order valence-corrected chi connectivity index (χ4v) is 3.45. The summed E-state index contributed by atoms with van der Waals surface area (Å²) in [5, 5.41) is 8.00.